The summed E-state index contributed by atoms with van der Waals surface area (Å²) in [4.78, 5) is 15.0. The minimum atomic E-state index is 0.0587. The van der Waals surface area contributed by atoms with Crippen LogP contribution in [0.15, 0.2) is 24.3 Å². The van der Waals surface area contributed by atoms with Crippen molar-refractivity contribution in [3.05, 3.63) is 46.8 Å². The Morgan fingerprint density at radius 1 is 1.09 bits per heavy atom. The maximum absolute atomic E-state index is 11.4. The van der Waals surface area contributed by atoms with Crippen molar-refractivity contribution < 1.29 is 5.11 Å². The summed E-state index contributed by atoms with van der Waals surface area (Å²) in [7, 11) is 2.22. The quantitative estimate of drug-likeness (QED) is 0.677. The van der Waals surface area contributed by atoms with Crippen molar-refractivity contribution in [1.82, 2.24) is 14.9 Å². The summed E-state index contributed by atoms with van der Waals surface area (Å²) in [5.74, 6) is 3.45. The average molecular weight is 473 g/mol. The number of likely N-dealkylation sites (tertiary alicyclic amines) is 1. The summed E-state index contributed by atoms with van der Waals surface area (Å²) < 4.78 is 0. The minimum absolute atomic E-state index is 0.0587. The van der Waals surface area contributed by atoms with Crippen LogP contribution < -0.4 is 4.90 Å². The third-order valence-corrected chi connectivity index (χ3v) is 11.1. The number of hydrogen-bond acceptors (Lipinski definition) is 5. The first kappa shape index (κ1) is 22.1. The van der Waals surface area contributed by atoms with Crippen molar-refractivity contribution in [2.45, 2.75) is 83.2 Å². The highest BCUT2D eigenvalue weighted by atomic mass is 16.3. The van der Waals surface area contributed by atoms with Gasteiger partial charge in [-0.1, -0.05) is 12.1 Å². The molecular formula is C30H40N4O. The van der Waals surface area contributed by atoms with E-state index < -0.39 is 0 Å². The molecule has 186 valence electrons. The molecule has 0 radical (unpaired) electrons. The first-order chi connectivity index (χ1) is 16.8. The number of phenols is 1. The van der Waals surface area contributed by atoms with Crippen LogP contribution in [0.25, 0.3) is 0 Å². The number of phenolic OH excluding ortho intramolecular Hbond substituents is 1. The molecule has 1 aliphatic heterocycles. The number of rotatable bonds is 4. The van der Waals surface area contributed by atoms with E-state index in [1.54, 1.807) is 0 Å². The monoisotopic (exact) mass is 472 g/mol. The molecule has 2 bridgehead atoms. The molecule has 5 nitrogen and oxygen atoms in total. The molecule has 1 saturated heterocycles. The summed E-state index contributed by atoms with van der Waals surface area (Å²) >= 11 is 0. The number of piperidine rings is 1. The zero-order valence-corrected chi connectivity index (χ0v) is 21.8. The van der Waals surface area contributed by atoms with E-state index in [-0.39, 0.29) is 10.8 Å². The van der Waals surface area contributed by atoms with Crippen molar-refractivity contribution in [1.29, 1.82) is 0 Å². The van der Waals surface area contributed by atoms with Crippen LogP contribution in [0.4, 0.5) is 5.95 Å². The Hall–Kier alpha value is -2.14. The largest absolute Gasteiger partial charge is 0.508 e. The minimum Gasteiger partial charge on any atom is -0.508 e. The first-order valence-corrected chi connectivity index (χ1v) is 14.0. The average Bonchev–Trinajstić information content (AvgIpc) is 3.53. The second-order valence-electron chi connectivity index (χ2n) is 12.6. The molecule has 5 heteroatoms. The zero-order chi connectivity index (χ0) is 24.1. The van der Waals surface area contributed by atoms with E-state index in [4.69, 9.17) is 9.97 Å². The van der Waals surface area contributed by atoms with Crippen molar-refractivity contribution in [3.63, 3.8) is 0 Å². The van der Waals surface area contributed by atoms with Gasteiger partial charge in [0.05, 0.1) is 0 Å². The number of hydrogen-bond donors (Lipinski definition) is 1. The van der Waals surface area contributed by atoms with Crippen LogP contribution in [0, 0.1) is 37.0 Å². The predicted molar refractivity (Wildman–Crippen MR) is 139 cm³/mol. The van der Waals surface area contributed by atoms with Gasteiger partial charge in [0, 0.05) is 54.6 Å². The van der Waals surface area contributed by atoms with Crippen LogP contribution in [0.2, 0.25) is 0 Å². The predicted octanol–water partition coefficient (Wildman–Crippen LogP) is 5.02. The lowest BCUT2D eigenvalue weighted by molar-refractivity contribution is -0.106. The van der Waals surface area contributed by atoms with Crippen molar-refractivity contribution in [2.75, 3.05) is 25.0 Å². The first-order valence-electron chi connectivity index (χ1n) is 14.0. The highest BCUT2D eigenvalue weighted by molar-refractivity contribution is 5.55. The second kappa shape index (κ2) is 7.44. The molecule has 3 saturated carbocycles. The molecular weight excluding hydrogens is 432 g/mol. The van der Waals surface area contributed by atoms with E-state index in [9.17, 15) is 5.11 Å². The van der Waals surface area contributed by atoms with Gasteiger partial charge in [-0.25, -0.2) is 9.97 Å². The highest BCUT2D eigenvalue weighted by Crippen LogP contribution is 2.75. The van der Waals surface area contributed by atoms with Gasteiger partial charge in [0.15, 0.2) is 0 Å². The smallest absolute Gasteiger partial charge is 0.225 e. The third kappa shape index (κ3) is 2.85. The standard InChI is InChI=1S/C30H40N4O/c1-18-14-19(2)32-28(31-18)33(4)25-11-13-29-12-10-24(25)30(29)23(15-22-6-5-7-26(35)27(22)30)17-34(20(29)3)16-21-8-9-21/h5-7,14,20-21,23-25,35H,8-13,15-17H2,1-4H3. The van der Waals surface area contributed by atoms with Gasteiger partial charge in [-0.3, -0.25) is 4.90 Å². The number of fused-ring (bicyclic) bond motifs is 1. The van der Waals surface area contributed by atoms with Gasteiger partial charge in [-0.05, 0) is 107 Å². The van der Waals surface area contributed by atoms with Crippen molar-refractivity contribution >= 4 is 5.95 Å². The van der Waals surface area contributed by atoms with Crippen LogP contribution >= 0.6 is 0 Å². The molecule has 2 aromatic rings. The van der Waals surface area contributed by atoms with Crippen LogP contribution in [0.5, 0.6) is 5.75 Å². The molecule has 1 aromatic carbocycles. The lowest BCUT2D eigenvalue weighted by Gasteiger charge is -2.65. The van der Waals surface area contributed by atoms with E-state index in [0.717, 1.165) is 29.7 Å². The fraction of sp³-hybridized carbons (Fsp3) is 0.667. The normalized spacial score (nSPS) is 37.6. The molecule has 35 heavy (non-hydrogen) atoms. The molecule has 6 unspecified atom stereocenters. The number of aromatic nitrogens is 2. The maximum Gasteiger partial charge on any atom is 0.225 e. The Kier molecular flexibility index (Phi) is 4.70. The van der Waals surface area contributed by atoms with Crippen molar-refractivity contribution in [2.24, 2.45) is 23.2 Å². The molecule has 4 aliphatic carbocycles. The van der Waals surface area contributed by atoms with E-state index in [0.29, 0.717) is 29.7 Å². The van der Waals surface area contributed by atoms with Gasteiger partial charge in [0.2, 0.25) is 5.95 Å². The van der Waals surface area contributed by atoms with Gasteiger partial charge >= 0.3 is 0 Å². The number of anilines is 1. The van der Waals surface area contributed by atoms with E-state index in [1.807, 2.05) is 6.07 Å². The Morgan fingerprint density at radius 2 is 1.83 bits per heavy atom. The summed E-state index contributed by atoms with van der Waals surface area (Å²) in [6.45, 7) is 9.15. The number of aryl methyl sites for hydroxylation is 2. The maximum atomic E-state index is 11.4. The molecule has 6 atom stereocenters. The number of nitrogens with zero attached hydrogens (tertiary/aromatic N) is 4. The molecule has 2 heterocycles. The second-order valence-corrected chi connectivity index (χ2v) is 12.6. The van der Waals surface area contributed by atoms with Gasteiger partial charge in [-0.15, -0.1) is 0 Å². The fourth-order valence-electron chi connectivity index (χ4n) is 9.76. The third-order valence-electron chi connectivity index (χ3n) is 11.1. The Balaban J connectivity index is 1.36. The lowest BCUT2D eigenvalue weighted by atomic mass is 9.45. The molecule has 4 fully saturated rings. The molecule has 5 aliphatic rings. The molecule has 1 spiro atoms. The van der Waals surface area contributed by atoms with Gasteiger partial charge in [0.1, 0.15) is 5.75 Å². The van der Waals surface area contributed by atoms with E-state index in [1.165, 1.54) is 62.7 Å². The lowest BCUT2D eigenvalue weighted by Crippen LogP contribution is -2.69. The number of benzene rings is 1. The van der Waals surface area contributed by atoms with Crippen LogP contribution in [-0.2, 0) is 11.8 Å². The van der Waals surface area contributed by atoms with Crippen LogP contribution in [0.1, 0.15) is 68.0 Å². The van der Waals surface area contributed by atoms with Crippen LogP contribution in [-0.4, -0.2) is 52.2 Å². The zero-order valence-electron chi connectivity index (χ0n) is 21.8. The Bertz CT molecular complexity index is 1160. The fourth-order valence-corrected chi connectivity index (χ4v) is 9.76. The van der Waals surface area contributed by atoms with E-state index >= 15 is 0 Å². The topological polar surface area (TPSA) is 52.5 Å². The molecule has 0 amide bonds. The summed E-state index contributed by atoms with van der Waals surface area (Å²) in [5.41, 5.74) is 5.13. The summed E-state index contributed by atoms with van der Waals surface area (Å²) in [5, 5.41) is 11.4. The summed E-state index contributed by atoms with van der Waals surface area (Å²) in [6, 6.07) is 9.38. The Morgan fingerprint density at radius 3 is 2.57 bits per heavy atom. The molecule has 1 aromatic heterocycles. The SMILES string of the molecule is Cc1cc(C)nc(N(C)C2CCC34CCC2C32c3c(O)cccc3CC2CN(CC2CC2)C4C)n1. The highest BCUT2D eigenvalue weighted by Gasteiger charge is 2.74. The van der Waals surface area contributed by atoms with Gasteiger partial charge < -0.3 is 10.0 Å². The summed E-state index contributed by atoms with van der Waals surface area (Å²) in [6.07, 6.45) is 8.89. The number of aromatic hydroxyl groups is 1. The Labute approximate surface area is 210 Å². The molecule has 1 N–H and O–H groups in total. The van der Waals surface area contributed by atoms with Gasteiger partial charge in [-0.2, -0.15) is 0 Å². The van der Waals surface area contributed by atoms with E-state index in [2.05, 4.69) is 55.8 Å². The van der Waals surface area contributed by atoms with Crippen LogP contribution in [0.3, 0.4) is 0 Å². The molecule has 7 rings (SSSR count). The van der Waals surface area contributed by atoms with Gasteiger partial charge in [0.25, 0.3) is 0 Å². The van der Waals surface area contributed by atoms with Crippen molar-refractivity contribution in [3.8, 4) is 5.75 Å².